The summed E-state index contributed by atoms with van der Waals surface area (Å²) >= 11 is 0. The van der Waals surface area contributed by atoms with Gasteiger partial charge in [-0.3, -0.25) is 24.0 Å². The third-order valence-corrected chi connectivity index (χ3v) is 14.2. The van der Waals surface area contributed by atoms with Crippen LogP contribution in [0.15, 0.2) is 66.7 Å². The van der Waals surface area contributed by atoms with Crippen molar-refractivity contribution in [3.63, 3.8) is 0 Å². The molecule has 18 nitrogen and oxygen atoms in total. The smallest absolute Gasteiger partial charge is 0.497 e. The van der Waals surface area contributed by atoms with E-state index in [4.69, 9.17) is 32.2 Å². The van der Waals surface area contributed by atoms with Crippen molar-refractivity contribution >= 4 is 36.7 Å². The van der Waals surface area contributed by atoms with Crippen LogP contribution in [-0.4, -0.2) is 102 Å². The van der Waals surface area contributed by atoms with Gasteiger partial charge in [0.1, 0.15) is 24.2 Å². The summed E-state index contributed by atoms with van der Waals surface area (Å²) in [6.07, 6.45) is 4.17. The van der Waals surface area contributed by atoms with Crippen LogP contribution in [0.5, 0.6) is 11.5 Å². The summed E-state index contributed by atoms with van der Waals surface area (Å²) in [7, 11) is -0.915. The van der Waals surface area contributed by atoms with Gasteiger partial charge in [-0.15, -0.1) is 0 Å². The Hall–Kier alpha value is -5.57. The lowest BCUT2D eigenvalue weighted by Crippen LogP contribution is -2.65. The van der Waals surface area contributed by atoms with Gasteiger partial charge in [0, 0.05) is 12.0 Å². The second-order valence-electron chi connectivity index (χ2n) is 19.3. The van der Waals surface area contributed by atoms with Gasteiger partial charge in [-0.2, -0.15) is 0 Å². The van der Waals surface area contributed by atoms with Crippen molar-refractivity contribution < 1.29 is 43.5 Å². The van der Waals surface area contributed by atoms with Crippen molar-refractivity contribution in [1.29, 1.82) is 0 Å². The maximum Gasteiger partial charge on any atom is 0.497 e. The highest BCUT2D eigenvalue weighted by molar-refractivity contribution is 6.47. The second kappa shape index (κ2) is 22.7. The number of nitrogens with two attached hydrogens (primary N) is 4. The molecule has 1 aliphatic heterocycles. The molecule has 1 saturated heterocycles. The van der Waals surface area contributed by atoms with E-state index in [0.29, 0.717) is 36.4 Å². The summed E-state index contributed by atoms with van der Waals surface area (Å²) < 4.78 is 12.7. The molecule has 1 heterocycles. The minimum Gasteiger partial charge on any atom is -0.504 e. The topological polar surface area (TPSA) is 308 Å². The molecule has 15 N–H and O–H groups in total. The van der Waals surface area contributed by atoms with Gasteiger partial charge in [0.15, 0.2) is 17.7 Å². The number of aryl methyl sites for hydroxylation is 1. The summed E-state index contributed by atoms with van der Waals surface area (Å²) in [5, 5.41) is 33.3. The van der Waals surface area contributed by atoms with Gasteiger partial charge < -0.3 is 69.0 Å². The molecule has 7 rings (SSSR count). The van der Waals surface area contributed by atoms with Gasteiger partial charge in [0.05, 0.1) is 11.7 Å². The van der Waals surface area contributed by atoms with E-state index < -0.39 is 84.1 Å². The molecule has 5 amide bonds. The molecule has 368 valence electrons. The standard InChI is InChI=1S/C49H70BN9O9/c1-5-6-9-28-11-14-30(15-12-28)31-16-18-32(19-17-31)42(62)55-35(21-23-52)43(63)57-36(24-29-13-20-37(60)38(61)25-29)45(65)58-41(53)46(66)56-34(10-7-8-22-51)44(64)59-47(54)50-67-40-27-33-26-39(48(33,2)3)49(40,4)68-50/h11-20,25,33-36,39-41,47,60-61H,5-10,21-24,26-27,51-54H2,1-4H3,(H,55,62)(H,56,66)(H,57,63)(H,58,65)(H,59,64)/t33-,34-,35-,36-,39-,40?,41+,47+,49-/m0/s1. The number of carbonyl (C=O) groups excluding carboxylic acids is 5. The Labute approximate surface area is 398 Å². The Morgan fingerprint density at radius 2 is 1.32 bits per heavy atom. The zero-order valence-corrected chi connectivity index (χ0v) is 39.6. The molecule has 19 heteroatoms. The Morgan fingerprint density at radius 3 is 1.96 bits per heavy atom. The Balaban J connectivity index is 1.09. The van der Waals surface area contributed by atoms with Gasteiger partial charge in [0.2, 0.25) is 17.7 Å². The van der Waals surface area contributed by atoms with Crippen molar-refractivity contribution in [2.45, 2.75) is 134 Å². The van der Waals surface area contributed by atoms with Crippen molar-refractivity contribution in [2.75, 3.05) is 13.1 Å². The lowest BCUT2D eigenvalue weighted by molar-refractivity contribution is -0.199. The summed E-state index contributed by atoms with van der Waals surface area (Å²) in [6.45, 7) is 9.02. The molecular weight excluding hydrogens is 869 g/mol. The van der Waals surface area contributed by atoms with E-state index in [2.05, 4.69) is 59.5 Å². The number of hydrogen-bond donors (Lipinski definition) is 11. The zero-order chi connectivity index (χ0) is 49.3. The Morgan fingerprint density at radius 1 is 0.706 bits per heavy atom. The van der Waals surface area contributed by atoms with Gasteiger partial charge >= 0.3 is 7.12 Å². The third-order valence-electron chi connectivity index (χ3n) is 14.2. The van der Waals surface area contributed by atoms with Gasteiger partial charge in [-0.1, -0.05) is 69.7 Å². The number of unbranched alkanes of at least 4 members (excludes halogenated alkanes) is 2. The van der Waals surface area contributed by atoms with E-state index in [1.54, 1.807) is 12.1 Å². The van der Waals surface area contributed by atoms with Crippen LogP contribution in [-0.2, 0) is 41.3 Å². The van der Waals surface area contributed by atoms with Crippen LogP contribution in [0.2, 0.25) is 0 Å². The predicted molar refractivity (Wildman–Crippen MR) is 258 cm³/mol. The summed E-state index contributed by atoms with van der Waals surface area (Å²) in [5.74, 6) is -3.83. The van der Waals surface area contributed by atoms with Crippen LogP contribution in [0, 0.1) is 17.3 Å². The van der Waals surface area contributed by atoms with E-state index in [-0.39, 0.29) is 43.2 Å². The molecular formula is C49H70BN9O9. The van der Waals surface area contributed by atoms with Crippen molar-refractivity contribution in [3.8, 4) is 22.6 Å². The SMILES string of the molecule is CCCCc1ccc(-c2ccc(C(=O)N[C@@H](CCN)C(=O)N[C@@H](Cc3ccc(O)c(O)c3)C(=O)N[C@@H](N)C(=O)N[C@@H](CCCCN)C(=O)N[C@@H](N)B3OC4C[C@@H]5C[C@@H](C5(C)C)[C@]4(C)O3)cc2)cc1. The first-order chi connectivity index (χ1) is 32.4. The zero-order valence-electron chi connectivity index (χ0n) is 39.6. The first-order valence-corrected chi connectivity index (χ1v) is 23.9. The number of rotatable bonds is 23. The fourth-order valence-corrected chi connectivity index (χ4v) is 9.88. The van der Waals surface area contributed by atoms with Crippen molar-refractivity contribution in [1.82, 2.24) is 26.6 Å². The second-order valence-corrected chi connectivity index (χ2v) is 19.3. The molecule has 0 spiro atoms. The van der Waals surface area contributed by atoms with E-state index in [1.165, 1.54) is 23.8 Å². The predicted octanol–water partition coefficient (Wildman–Crippen LogP) is 1.97. The number of benzene rings is 3. The number of hydrogen-bond acceptors (Lipinski definition) is 13. The van der Waals surface area contributed by atoms with Crippen molar-refractivity contribution in [2.24, 2.45) is 40.2 Å². The van der Waals surface area contributed by atoms with E-state index >= 15 is 0 Å². The maximum absolute atomic E-state index is 14.0. The number of phenols is 2. The lowest BCUT2D eigenvalue weighted by atomic mass is 9.43. The van der Waals surface area contributed by atoms with Gasteiger partial charge in [-0.05, 0) is 135 Å². The highest BCUT2D eigenvalue weighted by Gasteiger charge is 2.68. The quantitative estimate of drug-likeness (QED) is 0.0281. The number of phenolic OH excluding ortho intramolecular Hbond substituents is 2. The van der Waals surface area contributed by atoms with E-state index in [1.807, 2.05) is 31.2 Å². The minimum absolute atomic E-state index is 0.00403. The largest absolute Gasteiger partial charge is 0.504 e. The van der Waals surface area contributed by atoms with Crippen LogP contribution in [0.3, 0.4) is 0 Å². The Kier molecular flexibility index (Phi) is 17.3. The van der Waals surface area contributed by atoms with Crippen LogP contribution in [0.25, 0.3) is 11.1 Å². The summed E-state index contributed by atoms with van der Waals surface area (Å²) in [4.78, 5) is 68.7. The lowest BCUT2D eigenvalue weighted by Gasteiger charge is -2.64. The molecule has 4 aliphatic rings. The first kappa shape index (κ1) is 51.8. The van der Waals surface area contributed by atoms with Gasteiger partial charge in [-0.25, -0.2) is 0 Å². The third kappa shape index (κ3) is 12.2. The van der Waals surface area contributed by atoms with Crippen LogP contribution in [0.1, 0.15) is 101 Å². The molecule has 3 aromatic carbocycles. The highest BCUT2D eigenvalue weighted by atomic mass is 16.7. The van der Waals surface area contributed by atoms with Crippen LogP contribution < -0.4 is 49.5 Å². The number of carbonyl (C=O) groups is 5. The van der Waals surface area contributed by atoms with E-state index in [9.17, 15) is 34.2 Å². The van der Waals surface area contributed by atoms with Crippen LogP contribution >= 0.6 is 0 Å². The monoisotopic (exact) mass is 940 g/mol. The molecule has 68 heavy (non-hydrogen) atoms. The number of nitrogens with one attached hydrogen (secondary N) is 5. The molecule has 0 radical (unpaired) electrons. The molecule has 1 unspecified atom stereocenters. The molecule has 3 saturated carbocycles. The van der Waals surface area contributed by atoms with Crippen LogP contribution in [0.4, 0.5) is 0 Å². The van der Waals surface area contributed by atoms with Gasteiger partial charge in [0.25, 0.3) is 11.8 Å². The molecule has 9 atom stereocenters. The first-order valence-electron chi connectivity index (χ1n) is 23.9. The van der Waals surface area contributed by atoms with Crippen molar-refractivity contribution in [3.05, 3.63) is 83.4 Å². The maximum atomic E-state index is 14.0. The molecule has 3 aromatic rings. The normalized spacial score (nSPS) is 22.3. The minimum atomic E-state index is -1.71. The summed E-state index contributed by atoms with van der Waals surface area (Å²) in [5.41, 5.74) is 27.6. The number of aromatic hydroxyl groups is 2. The Bertz CT molecular complexity index is 2250. The average Bonchev–Trinajstić information content (AvgIpc) is 3.69. The average molecular weight is 940 g/mol. The molecule has 2 bridgehead atoms. The fourth-order valence-electron chi connectivity index (χ4n) is 9.88. The molecule has 4 fully saturated rings. The molecule has 3 aliphatic carbocycles. The molecule has 0 aromatic heterocycles. The highest BCUT2D eigenvalue weighted by Crippen LogP contribution is 2.65. The number of amides is 5. The fraction of sp³-hybridized carbons (Fsp3) is 0.531. The summed E-state index contributed by atoms with van der Waals surface area (Å²) in [6, 6.07) is 14.3. The van der Waals surface area contributed by atoms with E-state index in [0.717, 1.165) is 43.2 Å².